The summed E-state index contributed by atoms with van der Waals surface area (Å²) in [5.41, 5.74) is 0. The standard InChI is InChI=1S/C9H14N2O2/c1-6(2)9-10-8(11-13-9)3-7-4-12-5-7/h6-7H,3-5H2,1-2H3. The Morgan fingerprint density at radius 2 is 2.23 bits per heavy atom. The fourth-order valence-electron chi connectivity index (χ4n) is 1.25. The molecule has 4 nitrogen and oxygen atoms in total. The van der Waals surface area contributed by atoms with Gasteiger partial charge in [0.25, 0.3) is 0 Å². The van der Waals surface area contributed by atoms with Crippen LogP contribution in [0, 0.1) is 5.92 Å². The normalized spacial score (nSPS) is 17.8. The Hall–Kier alpha value is -0.900. The molecule has 0 saturated carbocycles. The molecule has 13 heavy (non-hydrogen) atoms. The van der Waals surface area contributed by atoms with Gasteiger partial charge in [0, 0.05) is 18.3 Å². The Morgan fingerprint density at radius 1 is 1.46 bits per heavy atom. The van der Waals surface area contributed by atoms with Crippen LogP contribution >= 0.6 is 0 Å². The number of aromatic nitrogens is 2. The Balaban J connectivity index is 1.96. The van der Waals surface area contributed by atoms with Crippen LogP contribution in [0.15, 0.2) is 4.52 Å². The summed E-state index contributed by atoms with van der Waals surface area (Å²) >= 11 is 0. The Labute approximate surface area is 77.3 Å². The molecule has 1 fully saturated rings. The van der Waals surface area contributed by atoms with E-state index in [1.54, 1.807) is 0 Å². The van der Waals surface area contributed by atoms with Crippen molar-refractivity contribution in [1.29, 1.82) is 0 Å². The third kappa shape index (κ3) is 1.88. The second-order valence-electron chi connectivity index (χ2n) is 3.81. The molecule has 0 aromatic carbocycles. The molecule has 0 N–H and O–H groups in total. The van der Waals surface area contributed by atoms with Crippen molar-refractivity contribution >= 4 is 0 Å². The lowest BCUT2D eigenvalue weighted by atomic mass is 10.0. The molecular weight excluding hydrogens is 168 g/mol. The van der Waals surface area contributed by atoms with E-state index < -0.39 is 0 Å². The van der Waals surface area contributed by atoms with Gasteiger partial charge in [0.15, 0.2) is 5.82 Å². The molecule has 1 saturated heterocycles. The predicted molar refractivity (Wildman–Crippen MR) is 46.4 cm³/mol. The maximum atomic E-state index is 5.09. The van der Waals surface area contributed by atoms with Gasteiger partial charge in [0.1, 0.15) is 0 Å². The number of hydrogen-bond donors (Lipinski definition) is 0. The topological polar surface area (TPSA) is 48.2 Å². The van der Waals surface area contributed by atoms with Crippen molar-refractivity contribution in [2.24, 2.45) is 5.92 Å². The van der Waals surface area contributed by atoms with E-state index in [1.807, 2.05) is 13.8 Å². The van der Waals surface area contributed by atoms with Gasteiger partial charge >= 0.3 is 0 Å². The summed E-state index contributed by atoms with van der Waals surface area (Å²) in [5, 5.41) is 3.92. The van der Waals surface area contributed by atoms with E-state index in [4.69, 9.17) is 9.26 Å². The van der Waals surface area contributed by atoms with Crippen molar-refractivity contribution in [2.75, 3.05) is 13.2 Å². The van der Waals surface area contributed by atoms with E-state index in [-0.39, 0.29) is 0 Å². The lowest BCUT2D eigenvalue weighted by molar-refractivity contribution is -0.0322. The Morgan fingerprint density at radius 3 is 2.69 bits per heavy atom. The zero-order valence-electron chi connectivity index (χ0n) is 7.99. The smallest absolute Gasteiger partial charge is 0.229 e. The molecule has 2 rings (SSSR count). The van der Waals surface area contributed by atoms with E-state index in [9.17, 15) is 0 Å². The third-order valence-electron chi connectivity index (χ3n) is 2.16. The fourth-order valence-corrected chi connectivity index (χ4v) is 1.25. The minimum atomic E-state index is 0.318. The molecule has 0 spiro atoms. The first-order valence-electron chi connectivity index (χ1n) is 4.66. The van der Waals surface area contributed by atoms with Gasteiger partial charge in [-0.15, -0.1) is 0 Å². The highest BCUT2D eigenvalue weighted by atomic mass is 16.5. The van der Waals surface area contributed by atoms with Gasteiger partial charge in [-0.3, -0.25) is 0 Å². The summed E-state index contributed by atoms with van der Waals surface area (Å²) in [6, 6.07) is 0. The van der Waals surface area contributed by atoms with Crippen LogP contribution in [-0.2, 0) is 11.2 Å². The van der Waals surface area contributed by atoms with Crippen molar-refractivity contribution in [3.8, 4) is 0 Å². The third-order valence-corrected chi connectivity index (χ3v) is 2.16. The van der Waals surface area contributed by atoms with E-state index in [0.29, 0.717) is 11.8 Å². The van der Waals surface area contributed by atoms with Crippen molar-refractivity contribution in [1.82, 2.24) is 10.1 Å². The highest BCUT2D eigenvalue weighted by Crippen LogP contribution is 2.17. The zero-order chi connectivity index (χ0) is 9.26. The van der Waals surface area contributed by atoms with Crippen LogP contribution in [0.3, 0.4) is 0 Å². The fraction of sp³-hybridized carbons (Fsp3) is 0.778. The van der Waals surface area contributed by atoms with E-state index in [1.165, 1.54) is 0 Å². The van der Waals surface area contributed by atoms with Gasteiger partial charge in [-0.05, 0) is 0 Å². The Kier molecular flexibility index (Phi) is 2.31. The molecule has 2 heterocycles. The largest absolute Gasteiger partial charge is 0.381 e. The molecule has 0 unspecified atom stereocenters. The van der Waals surface area contributed by atoms with Gasteiger partial charge < -0.3 is 9.26 Å². The second kappa shape index (κ2) is 3.46. The number of nitrogens with zero attached hydrogens (tertiary/aromatic N) is 2. The zero-order valence-corrected chi connectivity index (χ0v) is 7.99. The highest BCUT2D eigenvalue weighted by Gasteiger charge is 2.21. The van der Waals surface area contributed by atoms with E-state index >= 15 is 0 Å². The quantitative estimate of drug-likeness (QED) is 0.708. The van der Waals surface area contributed by atoms with Crippen LogP contribution in [0.25, 0.3) is 0 Å². The van der Waals surface area contributed by atoms with Crippen molar-refractivity contribution in [3.63, 3.8) is 0 Å². The average Bonchev–Trinajstić information content (AvgIpc) is 2.44. The number of rotatable bonds is 3. The van der Waals surface area contributed by atoms with Crippen molar-refractivity contribution < 1.29 is 9.26 Å². The molecule has 1 aliphatic heterocycles. The van der Waals surface area contributed by atoms with Crippen molar-refractivity contribution in [2.45, 2.75) is 26.2 Å². The highest BCUT2D eigenvalue weighted by molar-refractivity contribution is 4.92. The first-order valence-corrected chi connectivity index (χ1v) is 4.66. The van der Waals surface area contributed by atoms with Gasteiger partial charge in [-0.25, -0.2) is 0 Å². The summed E-state index contributed by atoms with van der Waals surface area (Å²) < 4.78 is 10.2. The van der Waals surface area contributed by atoms with Gasteiger partial charge in [-0.1, -0.05) is 19.0 Å². The lowest BCUT2D eigenvalue weighted by Gasteiger charge is -2.24. The molecule has 4 heteroatoms. The summed E-state index contributed by atoms with van der Waals surface area (Å²) in [7, 11) is 0. The second-order valence-corrected chi connectivity index (χ2v) is 3.81. The summed E-state index contributed by atoms with van der Waals surface area (Å²) in [6.45, 7) is 5.77. The minimum Gasteiger partial charge on any atom is -0.381 e. The van der Waals surface area contributed by atoms with Gasteiger partial charge in [-0.2, -0.15) is 4.98 Å². The van der Waals surface area contributed by atoms with Crippen LogP contribution in [0.1, 0.15) is 31.5 Å². The first kappa shape index (κ1) is 8.69. The summed E-state index contributed by atoms with van der Waals surface area (Å²) in [4.78, 5) is 4.30. The van der Waals surface area contributed by atoms with Crippen LogP contribution in [-0.4, -0.2) is 23.4 Å². The molecule has 0 bridgehead atoms. The maximum Gasteiger partial charge on any atom is 0.229 e. The average molecular weight is 182 g/mol. The van der Waals surface area contributed by atoms with Crippen LogP contribution in [0.2, 0.25) is 0 Å². The molecule has 1 aliphatic rings. The van der Waals surface area contributed by atoms with Gasteiger partial charge in [0.2, 0.25) is 5.89 Å². The van der Waals surface area contributed by atoms with Crippen LogP contribution in [0.5, 0.6) is 0 Å². The first-order chi connectivity index (χ1) is 6.25. The van der Waals surface area contributed by atoms with E-state index in [2.05, 4.69) is 10.1 Å². The van der Waals surface area contributed by atoms with Crippen molar-refractivity contribution in [3.05, 3.63) is 11.7 Å². The molecule has 0 aliphatic carbocycles. The Bertz CT molecular complexity index is 279. The molecule has 0 atom stereocenters. The number of hydrogen-bond acceptors (Lipinski definition) is 4. The summed E-state index contributed by atoms with van der Waals surface area (Å²) in [6.07, 6.45) is 0.885. The monoisotopic (exact) mass is 182 g/mol. The van der Waals surface area contributed by atoms with E-state index in [0.717, 1.165) is 31.3 Å². The molecule has 72 valence electrons. The molecule has 1 aromatic heterocycles. The minimum absolute atomic E-state index is 0.318. The summed E-state index contributed by atoms with van der Waals surface area (Å²) in [5.74, 6) is 2.46. The lowest BCUT2D eigenvalue weighted by Crippen LogP contribution is -2.29. The maximum absolute atomic E-state index is 5.09. The molecule has 0 radical (unpaired) electrons. The molecule has 1 aromatic rings. The molecule has 0 amide bonds. The SMILES string of the molecule is CC(C)c1nc(CC2COC2)no1. The number of ether oxygens (including phenoxy) is 1. The molecular formula is C9H14N2O2. The predicted octanol–water partition coefficient (Wildman–Crippen LogP) is 1.38. The van der Waals surface area contributed by atoms with Crippen LogP contribution < -0.4 is 0 Å². The van der Waals surface area contributed by atoms with Gasteiger partial charge in [0.05, 0.1) is 13.2 Å². The van der Waals surface area contributed by atoms with Crippen LogP contribution in [0.4, 0.5) is 0 Å².